The predicted octanol–water partition coefficient (Wildman–Crippen LogP) is 3.48. The summed E-state index contributed by atoms with van der Waals surface area (Å²) in [6.45, 7) is 7.82. The largest absolute Gasteiger partial charge is 0.355 e. The Morgan fingerprint density at radius 3 is 1.91 bits per heavy atom. The van der Waals surface area contributed by atoms with Crippen molar-refractivity contribution in [1.82, 2.24) is 25.3 Å². The summed E-state index contributed by atoms with van der Waals surface area (Å²) < 4.78 is 0. The van der Waals surface area contributed by atoms with E-state index in [2.05, 4.69) is 50.3 Å². The number of piperidine rings is 2. The second-order valence-corrected chi connectivity index (χ2v) is 9.61. The molecule has 6 rings (SSSR count). The van der Waals surface area contributed by atoms with E-state index >= 15 is 0 Å². The van der Waals surface area contributed by atoms with E-state index in [4.69, 9.17) is 19.9 Å². The number of fused-ring (bicyclic) bond motifs is 1. The van der Waals surface area contributed by atoms with E-state index in [1.54, 1.807) is 0 Å². The lowest BCUT2D eigenvalue weighted by atomic mass is 10.1. The van der Waals surface area contributed by atoms with Gasteiger partial charge in [0, 0.05) is 57.9 Å². The molecular formula is C26H34N8. The average molecular weight is 459 g/mol. The quantitative estimate of drug-likeness (QED) is 0.637. The average Bonchev–Trinajstić information content (AvgIpc) is 2.93. The van der Waals surface area contributed by atoms with Crippen molar-refractivity contribution in [3.8, 4) is 11.3 Å². The molecule has 0 atom stereocenters. The molecule has 3 aromatic rings. The van der Waals surface area contributed by atoms with Crippen LogP contribution in [0.4, 0.5) is 17.6 Å². The first kappa shape index (κ1) is 21.5. The van der Waals surface area contributed by atoms with E-state index < -0.39 is 0 Å². The number of nitrogens with one attached hydrogen (secondary N) is 1. The van der Waals surface area contributed by atoms with E-state index in [0.29, 0.717) is 0 Å². The van der Waals surface area contributed by atoms with Crippen LogP contribution in [-0.4, -0.2) is 72.3 Å². The summed E-state index contributed by atoms with van der Waals surface area (Å²) >= 11 is 0. The summed E-state index contributed by atoms with van der Waals surface area (Å²) in [5.41, 5.74) is 3.62. The minimum atomic E-state index is 0.726. The van der Waals surface area contributed by atoms with Crippen LogP contribution in [0, 0.1) is 0 Å². The normalized spacial score (nSPS) is 19.6. The number of nitrogens with zero attached hydrogens (tertiary/aromatic N) is 7. The first-order chi connectivity index (χ1) is 16.9. The summed E-state index contributed by atoms with van der Waals surface area (Å²) in [6.07, 6.45) is 7.35. The van der Waals surface area contributed by atoms with E-state index in [9.17, 15) is 0 Å². The van der Waals surface area contributed by atoms with Gasteiger partial charge in [-0.2, -0.15) is 9.97 Å². The molecule has 0 radical (unpaired) electrons. The maximum Gasteiger partial charge on any atom is 0.229 e. The zero-order chi connectivity index (χ0) is 22.7. The first-order valence-corrected chi connectivity index (χ1v) is 13.0. The van der Waals surface area contributed by atoms with Gasteiger partial charge in [0.15, 0.2) is 22.8 Å². The van der Waals surface area contributed by atoms with Crippen molar-refractivity contribution in [1.29, 1.82) is 0 Å². The molecule has 34 heavy (non-hydrogen) atoms. The molecule has 8 heteroatoms. The lowest BCUT2D eigenvalue weighted by Gasteiger charge is -2.32. The van der Waals surface area contributed by atoms with Crippen molar-refractivity contribution in [2.45, 2.75) is 38.5 Å². The van der Waals surface area contributed by atoms with Crippen molar-refractivity contribution in [3.05, 3.63) is 30.3 Å². The standard InChI is InChI=1S/C26H34N8/c1-4-10-20(11-5-1)21-24(32-14-6-2-7-15-32)29-23-22(28-21)25(33-16-8-3-9-17-33)31-26(30-23)34-18-12-27-13-19-34/h1,4-5,10-11,27H,2-3,6-9,12-19H2. The van der Waals surface area contributed by atoms with Crippen molar-refractivity contribution in [3.63, 3.8) is 0 Å². The van der Waals surface area contributed by atoms with Crippen LogP contribution in [0.5, 0.6) is 0 Å². The van der Waals surface area contributed by atoms with Gasteiger partial charge in [0.25, 0.3) is 0 Å². The number of benzene rings is 1. The second kappa shape index (κ2) is 9.70. The highest BCUT2D eigenvalue weighted by Crippen LogP contribution is 2.34. The molecule has 3 aliphatic rings. The van der Waals surface area contributed by atoms with Crippen LogP contribution in [0.2, 0.25) is 0 Å². The minimum Gasteiger partial charge on any atom is -0.355 e. The van der Waals surface area contributed by atoms with Gasteiger partial charge in [-0.1, -0.05) is 30.3 Å². The molecule has 3 aliphatic heterocycles. The second-order valence-electron chi connectivity index (χ2n) is 9.61. The van der Waals surface area contributed by atoms with Crippen LogP contribution >= 0.6 is 0 Å². The molecule has 1 aromatic carbocycles. The number of hydrogen-bond donors (Lipinski definition) is 1. The topological polar surface area (TPSA) is 73.3 Å². The molecule has 0 bridgehead atoms. The van der Waals surface area contributed by atoms with Crippen molar-refractivity contribution < 1.29 is 0 Å². The summed E-state index contributed by atoms with van der Waals surface area (Å²) in [5.74, 6) is 2.71. The third-order valence-electron chi connectivity index (χ3n) is 7.24. The molecule has 0 unspecified atom stereocenters. The van der Waals surface area contributed by atoms with Crippen molar-refractivity contribution in [2.24, 2.45) is 0 Å². The van der Waals surface area contributed by atoms with E-state index in [-0.39, 0.29) is 0 Å². The van der Waals surface area contributed by atoms with E-state index in [0.717, 1.165) is 92.4 Å². The molecule has 0 aliphatic carbocycles. The minimum absolute atomic E-state index is 0.726. The predicted molar refractivity (Wildman–Crippen MR) is 138 cm³/mol. The molecular weight excluding hydrogens is 424 g/mol. The Kier molecular flexibility index (Phi) is 6.14. The highest BCUT2D eigenvalue weighted by atomic mass is 15.3. The fraction of sp³-hybridized carbons (Fsp3) is 0.538. The van der Waals surface area contributed by atoms with Gasteiger partial charge in [-0.05, 0) is 38.5 Å². The van der Waals surface area contributed by atoms with E-state index in [1.807, 2.05) is 0 Å². The maximum absolute atomic E-state index is 5.28. The van der Waals surface area contributed by atoms with Gasteiger partial charge in [0.05, 0.1) is 0 Å². The van der Waals surface area contributed by atoms with Crippen LogP contribution in [0.3, 0.4) is 0 Å². The van der Waals surface area contributed by atoms with Gasteiger partial charge in [0.1, 0.15) is 5.69 Å². The van der Waals surface area contributed by atoms with Crippen LogP contribution < -0.4 is 20.0 Å². The van der Waals surface area contributed by atoms with Crippen LogP contribution in [-0.2, 0) is 0 Å². The number of hydrogen-bond acceptors (Lipinski definition) is 8. The Balaban J connectivity index is 1.54. The third-order valence-corrected chi connectivity index (χ3v) is 7.24. The van der Waals surface area contributed by atoms with Gasteiger partial charge in [-0.25, -0.2) is 9.97 Å². The zero-order valence-corrected chi connectivity index (χ0v) is 19.9. The van der Waals surface area contributed by atoms with Gasteiger partial charge in [-0.3, -0.25) is 0 Å². The monoisotopic (exact) mass is 458 g/mol. The Morgan fingerprint density at radius 2 is 1.24 bits per heavy atom. The Labute approximate surface area is 201 Å². The molecule has 0 spiro atoms. The van der Waals surface area contributed by atoms with Crippen molar-refractivity contribution in [2.75, 3.05) is 67.1 Å². The van der Waals surface area contributed by atoms with Crippen LogP contribution in [0.25, 0.3) is 22.4 Å². The molecule has 3 fully saturated rings. The Bertz CT molecular complexity index is 1120. The Morgan fingerprint density at radius 1 is 0.588 bits per heavy atom. The fourth-order valence-electron chi connectivity index (χ4n) is 5.36. The lowest BCUT2D eigenvalue weighted by molar-refractivity contribution is 0.567. The van der Waals surface area contributed by atoms with Gasteiger partial charge in [0.2, 0.25) is 5.95 Å². The van der Waals surface area contributed by atoms with Gasteiger partial charge in [-0.15, -0.1) is 0 Å². The fourth-order valence-corrected chi connectivity index (χ4v) is 5.36. The molecule has 178 valence electrons. The molecule has 2 aromatic heterocycles. The SMILES string of the molecule is c1ccc(-c2nc3c(N4CCCCC4)nc(N4CCNCC4)nc3nc2N2CCCCC2)cc1. The molecule has 0 saturated carbocycles. The number of piperazine rings is 1. The smallest absolute Gasteiger partial charge is 0.229 e. The summed E-state index contributed by atoms with van der Waals surface area (Å²) in [7, 11) is 0. The van der Waals surface area contributed by atoms with Gasteiger partial charge >= 0.3 is 0 Å². The maximum atomic E-state index is 5.28. The highest BCUT2D eigenvalue weighted by molar-refractivity contribution is 5.89. The Hall–Kier alpha value is -3.00. The van der Waals surface area contributed by atoms with Crippen LogP contribution in [0.15, 0.2) is 30.3 Å². The summed E-state index contributed by atoms with van der Waals surface area (Å²) in [6, 6.07) is 10.5. The summed E-state index contributed by atoms with van der Waals surface area (Å²) in [5, 5.41) is 3.44. The molecule has 0 amide bonds. The highest BCUT2D eigenvalue weighted by Gasteiger charge is 2.26. The first-order valence-electron chi connectivity index (χ1n) is 13.0. The zero-order valence-electron chi connectivity index (χ0n) is 19.9. The van der Waals surface area contributed by atoms with E-state index in [1.165, 1.54) is 38.5 Å². The van der Waals surface area contributed by atoms with Crippen LogP contribution in [0.1, 0.15) is 38.5 Å². The third kappa shape index (κ3) is 4.27. The lowest BCUT2D eigenvalue weighted by Crippen LogP contribution is -2.44. The number of aromatic nitrogens is 4. The number of rotatable bonds is 4. The molecule has 1 N–H and O–H groups in total. The molecule has 5 heterocycles. The molecule has 3 saturated heterocycles. The molecule has 8 nitrogen and oxygen atoms in total. The summed E-state index contributed by atoms with van der Waals surface area (Å²) in [4.78, 5) is 27.7. The van der Waals surface area contributed by atoms with Crippen molar-refractivity contribution >= 4 is 28.7 Å². The number of anilines is 3. The van der Waals surface area contributed by atoms with Gasteiger partial charge < -0.3 is 20.0 Å².